The molecule has 0 heterocycles. The Labute approximate surface area is 167 Å². The van der Waals surface area contributed by atoms with Crippen LogP contribution in [0.4, 0.5) is 4.39 Å². The lowest BCUT2D eigenvalue weighted by molar-refractivity contribution is 0.0657. The van der Waals surface area contributed by atoms with E-state index in [1.54, 1.807) is 12.1 Å². The van der Waals surface area contributed by atoms with E-state index in [2.05, 4.69) is 36.2 Å². The van der Waals surface area contributed by atoms with Gasteiger partial charge in [-0.1, -0.05) is 72.8 Å². The van der Waals surface area contributed by atoms with Crippen molar-refractivity contribution in [2.75, 3.05) is 20.1 Å². The first kappa shape index (κ1) is 20.2. The van der Waals surface area contributed by atoms with Crippen molar-refractivity contribution in [3.8, 4) is 0 Å². The van der Waals surface area contributed by atoms with E-state index in [4.69, 9.17) is 0 Å². The minimum atomic E-state index is -1.12. The highest BCUT2D eigenvalue weighted by Crippen LogP contribution is 2.34. The summed E-state index contributed by atoms with van der Waals surface area (Å²) < 4.78 is 13.4. The number of nitrogens with zero attached hydrogens (tertiary/aromatic N) is 1. The van der Waals surface area contributed by atoms with E-state index < -0.39 is 5.60 Å². The molecule has 0 aliphatic carbocycles. The molecule has 3 aromatic carbocycles. The highest BCUT2D eigenvalue weighted by Gasteiger charge is 2.31. The molecule has 3 rings (SSSR count). The summed E-state index contributed by atoms with van der Waals surface area (Å²) in [7, 11) is 2.11. The summed E-state index contributed by atoms with van der Waals surface area (Å²) in [6, 6.07) is 26.3. The lowest BCUT2D eigenvalue weighted by Crippen LogP contribution is -2.30. The quantitative estimate of drug-likeness (QED) is 0.566. The van der Waals surface area contributed by atoms with Crippen LogP contribution in [0.25, 0.3) is 0 Å². The Kier molecular flexibility index (Phi) is 6.96. The second-order valence-electron chi connectivity index (χ2n) is 7.38. The molecule has 0 aromatic heterocycles. The highest BCUT2D eigenvalue weighted by atomic mass is 19.1. The summed E-state index contributed by atoms with van der Waals surface area (Å²) in [5.74, 6) is -0.292. The minimum Gasteiger partial charge on any atom is -0.380 e. The molecule has 0 saturated carbocycles. The fraction of sp³-hybridized carbons (Fsp3) is 0.280. The summed E-state index contributed by atoms with van der Waals surface area (Å²) >= 11 is 0. The Morgan fingerprint density at radius 3 is 2.00 bits per heavy atom. The third kappa shape index (κ3) is 5.28. The Balaban J connectivity index is 1.63. The van der Waals surface area contributed by atoms with E-state index in [0.717, 1.165) is 37.1 Å². The first-order valence-electron chi connectivity index (χ1n) is 9.84. The van der Waals surface area contributed by atoms with Crippen LogP contribution in [-0.4, -0.2) is 30.1 Å². The average Bonchev–Trinajstić information content (AvgIpc) is 2.74. The summed E-state index contributed by atoms with van der Waals surface area (Å²) in [5.41, 5.74) is 1.79. The number of aliphatic hydroxyl groups is 1. The second kappa shape index (κ2) is 9.63. The predicted octanol–water partition coefficient (Wildman–Crippen LogP) is 5.02. The lowest BCUT2D eigenvalue weighted by Gasteiger charge is -2.30. The third-order valence-corrected chi connectivity index (χ3v) is 5.28. The molecule has 1 N–H and O–H groups in total. The molecule has 146 valence electrons. The average molecular weight is 378 g/mol. The summed E-state index contributed by atoms with van der Waals surface area (Å²) in [4.78, 5) is 2.29. The molecular formula is C25H28FNO. The van der Waals surface area contributed by atoms with Crippen LogP contribution in [0.3, 0.4) is 0 Å². The molecule has 1 atom stereocenters. The van der Waals surface area contributed by atoms with Crippen molar-refractivity contribution >= 4 is 0 Å². The largest absolute Gasteiger partial charge is 0.380 e. The highest BCUT2D eigenvalue weighted by molar-refractivity contribution is 5.36. The Hall–Kier alpha value is -2.49. The van der Waals surface area contributed by atoms with E-state index in [-0.39, 0.29) is 5.82 Å². The molecule has 1 unspecified atom stereocenters. The van der Waals surface area contributed by atoms with Crippen LogP contribution in [0.15, 0.2) is 84.9 Å². The van der Waals surface area contributed by atoms with Crippen molar-refractivity contribution in [2.24, 2.45) is 0 Å². The lowest BCUT2D eigenvalue weighted by atomic mass is 9.82. The first-order valence-corrected chi connectivity index (χ1v) is 9.84. The number of benzene rings is 3. The maximum absolute atomic E-state index is 13.4. The van der Waals surface area contributed by atoms with Gasteiger partial charge in [0.1, 0.15) is 11.4 Å². The molecule has 3 aromatic rings. The van der Waals surface area contributed by atoms with Gasteiger partial charge >= 0.3 is 0 Å². The Bertz CT molecular complexity index is 835. The third-order valence-electron chi connectivity index (χ3n) is 5.28. The standard InChI is InChI=1S/C25H28FNO/c1-27(20-17-21-9-4-2-5-10-21)19-8-18-25(28,22-11-6-3-7-12-22)23-13-15-24(26)16-14-23/h2-7,9-16,28H,8,17-20H2,1H3. The molecule has 28 heavy (non-hydrogen) atoms. The second-order valence-corrected chi connectivity index (χ2v) is 7.38. The SMILES string of the molecule is CN(CCCC(O)(c1ccccc1)c1ccc(F)cc1)CCc1ccccc1. The zero-order valence-electron chi connectivity index (χ0n) is 16.4. The van der Waals surface area contributed by atoms with Crippen LogP contribution in [0, 0.1) is 5.82 Å². The van der Waals surface area contributed by atoms with Crippen LogP contribution in [-0.2, 0) is 12.0 Å². The van der Waals surface area contributed by atoms with E-state index in [1.165, 1.54) is 17.7 Å². The molecule has 0 fully saturated rings. The van der Waals surface area contributed by atoms with Crippen molar-refractivity contribution in [3.63, 3.8) is 0 Å². The number of halogens is 1. The Morgan fingerprint density at radius 2 is 1.36 bits per heavy atom. The van der Waals surface area contributed by atoms with Crippen molar-refractivity contribution in [1.29, 1.82) is 0 Å². The molecule has 0 aliphatic rings. The summed E-state index contributed by atoms with van der Waals surface area (Å²) in [6.45, 7) is 1.87. The van der Waals surface area contributed by atoms with Crippen molar-refractivity contribution in [3.05, 3.63) is 107 Å². The van der Waals surface area contributed by atoms with Gasteiger partial charge in [0.25, 0.3) is 0 Å². The number of rotatable bonds is 9. The van der Waals surface area contributed by atoms with Crippen LogP contribution in [0.5, 0.6) is 0 Å². The predicted molar refractivity (Wildman–Crippen MR) is 113 cm³/mol. The normalized spacial score (nSPS) is 13.4. The van der Waals surface area contributed by atoms with Crippen molar-refractivity contribution < 1.29 is 9.50 Å². The van der Waals surface area contributed by atoms with Crippen LogP contribution < -0.4 is 0 Å². The summed E-state index contributed by atoms with van der Waals surface area (Å²) in [5, 5.41) is 11.5. The molecule has 0 spiro atoms. The van der Waals surface area contributed by atoms with Gasteiger partial charge in [0.2, 0.25) is 0 Å². The number of likely N-dealkylation sites (N-methyl/N-ethyl adjacent to an activating group) is 1. The fourth-order valence-corrected chi connectivity index (χ4v) is 3.58. The van der Waals surface area contributed by atoms with Crippen LogP contribution >= 0.6 is 0 Å². The van der Waals surface area contributed by atoms with Gasteiger partial charge in [-0.3, -0.25) is 0 Å². The molecule has 0 bridgehead atoms. The molecule has 0 radical (unpaired) electrons. The molecule has 3 heteroatoms. The zero-order valence-corrected chi connectivity index (χ0v) is 16.4. The van der Waals surface area contributed by atoms with Gasteiger partial charge in [-0.05, 0) is 61.7 Å². The number of hydrogen-bond acceptors (Lipinski definition) is 2. The molecule has 0 aliphatic heterocycles. The van der Waals surface area contributed by atoms with E-state index in [9.17, 15) is 9.50 Å². The summed E-state index contributed by atoms with van der Waals surface area (Å²) in [6.07, 6.45) is 2.44. The first-order chi connectivity index (χ1) is 13.6. The van der Waals surface area contributed by atoms with Gasteiger partial charge in [-0.25, -0.2) is 4.39 Å². The van der Waals surface area contributed by atoms with Gasteiger partial charge in [0.15, 0.2) is 0 Å². The maximum Gasteiger partial charge on any atom is 0.123 e. The minimum absolute atomic E-state index is 0.292. The van der Waals surface area contributed by atoms with Gasteiger partial charge < -0.3 is 10.0 Å². The zero-order chi connectivity index (χ0) is 19.8. The van der Waals surface area contributed by atoms with Gasteiger partial charge in [0.05, 0.1) is 0 Å². The van der Waals surface area contributed by atoms with Crippen molar-refractivity contribution in [1.82, 2.24) is 4.90 Å². The van der Waals surface area contributed by atoms with Gasteiger partial charge in [-0.15, -0.1) is 0 Å². The van der Waals surface area contributed by atoms with Crippen molar-refractivity contribution in [2.45, 2.75) is 24.9 Å². The fourth-order valence-electron chi connectivity index (χ4n) is 3.58. The number of hydrogen-bond donors (Lipinski definition) is 1. The topological polar surface area (TPSA) is 23.5 Å². The van der Waals surface area contributed by atoms with Crippen LogP contribution in [0.1, 0.15) is 29.5 Å². The molecule has 0 amide bonds. The smallest absolute Gasteiger partial charge is 0.123 e. The molecule has 0 saturated heterocycles. The van der Waals surface area contributed by atoms with Gasteiger partial charge in [0, 0.05) is 6.54 Å². The molecule has 2 nitrogen and oxygen atoms in total. The van der Waals surface area contributed by atoms with E-state index >= 15 is 0 Å². The molecular weight excluding hydrogens is 349 g/mol. The van der Waals surface area contributed by atoms with E-state index in [1.807, 2.05) is 36.4 Å². The monoisotopic (exact) mass is 377 g/mol. The van der Waals surface area contributed by atoms with Gasteiger partial charge in [-0.2, -0.15) is 0 Å². The maximum atomic E-state index is 13.4. The Morgan fingerprint density at radius 1 is 0.786 bits per heavy atom. The van der Waals surface area contributed by atoms with E-state index in [0.29, 0.717) is 6.42 Å². The van der Waals surface area contributed by atoms with Crippen LogP contribution in [0.2, 0.25) is 0 Å².